The Morgan fingerprint density at radius 2 is 1.62 bits per heavy atom. The number of carbonyl (C=O) groups excluding carboxylic acids is 2. The molecule has 0 atom stereocenters. The van der Waals surface area contributed by atoms with Crippen molar-refractivity contribution in [3.8, 4) is 11.5 Å². The van der Waals surface area contributed by atoms with Gasteiger partial charge in [-0.25, -0.2) is 0 Å². The van der Waals surface area contributed by atoms with E-state index in [1.807, 2.05) is 50.2 Å². The van der Waals surface area contributed by atoms with Gasteiger partial charge in [0.2, 0.25) is 11.8 Å². The monoisotopic (exact) mass is 398 g/mol. The molecule has 2 aromatic carbocycles. The maximum absolute atomic E-state index is 12.4. The maximum Gasteiger partial charge on any atom is 0.226 e. The lowest BCUT2D eigenvalue weighted by molar-refractivity contribution is -0.129. The van der Waals surface area contributed by atoms with Crippen LogP contribution in [0.15, 0.2) is 36.4 Å². The quantitative estimate of drug-likeness (QED) is 0.699. The first-order valence-electron chi connectivity index (χ1n) is 9.68. The SMILES string of the molecule is COc1ccc(CCN(CCC(=O)Nc2c(C)cccc2C)C(C)=O)cc1OC. The Morgan fingerprint density at radius 3 is 2.21 bits per heavy atom. The molecule has 0 saturated heterocycles. The fourth-order valence-corrected chi connectivity index (χ4v) is 3.18. The van der Waals surface area contributed by atoms with Gasteiger partial charge in [0.15, 0.2) is 11.5 Å². The molecule has 156 valence electrons. The molecule has 0 aromatic heterocycles. The van der Waals surface area contributed by atoms with Gasteiger partial charge in [-0.05, 0) is 49.1 Å². The van der Waals surface area contributed by atoms with E-state index in [-0.39, 0.29) is 18.2 Å². The Balaban J connectivity index is 1.93. The standard InChI is InChI=1S/C23H30N2O4/c1-16-7-6-8-17(2)23(16)24-22(27)12-14-25(18(3)26)13-11-19-9-10-20(28-4)21(15-19)29-5/h6-10,15H,11-14H2,1-5H3,(H,24,27). The first kappa shape index (κ1) is 22.3. The van der Waals surface area contributed by atoms with E-state index in [0.29, 0.717) is 31.0 Å². The van der Waals surface area contributed by atoms with Crippen molar-refractivity contribution < 1.29 is 19.1 Å². The number of rotatable bonds is 9. The molecule has 0 aliphatic rings. The minimum atomic E-state index is -0.0974. The first-order chi connectivity index (χ1) is 13.8. The van der Waals surface area contributed by atoms with E-state index in [0.717, 1.165) is 22.4 Å². The summed E-state index contributed by atoms with van der Waals surface area (Å²) < 4.78 is 10.6. The van der Waals surface area contributed by atoms with Crippen molar-refractivity contribution in [3.05, 3.63) is 53.1 Å². The van der Waals surface area contributed by atoms with Crippen LogP contribution < -0.4 is 14.8 Å². The van der Waals surface area contributed by atoms with Crippen molar-refractivity contribution >= 4 is 17.5 Å². The molecule has 0 unspecified atom stereocenters. The van der Waals surface area contributed by atoms with Crippen molar-refractivity contribution in [3.63, 3.8) is 0 Å². The van der Waals surface area contributed by atoms with Crippen LogP contribution in [0.25, 0.3) is 0 Å². The average Bonchev–Trinajstić information content (AvgIpc) is 2.70. The number of methoxy groups -OCH3 is 2. The molecule has 6 nitrogen and oxygen atoms in total. The number of hydrogen-bond donors (Lipinski definition) is 1. The van der Waals surface area contributed by atoms with Crippen LogP contribution in [-0.2, 0) is 16.0 Å². The Hall–Kier alpha value is -3.02. The molecule has 29 heavy (non-hydrogen) atoms. The second-order valence-electron chi connectivity index (χ2n) is 7.01. The lowest BCUT2D eigenvalue weighted by atomic mass is 10.1. The number of benzene rings is 2. The van der Waals surface area contributed by atoms with Gasteiger partial charge in [-0.2, -0.15) is 0 Å². The normalized spacial score (nSPS) is 10.4. The van der Waals surface area contributed by atoms with E-state index in [1.54, 1.807) is 19.1 Å². The van der Waals surface area contributed by atoms with Gasteiger partial charge in [0.1, 0.15) is 0 Å². The molecule has 6 heteroatoms. The zero-order chi connectivity index (χ0) is 21.4. The number of ether oxygens (including phenoxy) is 2. The minimum absolute atomic E-state index is 0.0506. The van der Waals surface area contributed by atoms with Gasteiger partial charge in [0.05, 0.1) is 14.2 Å². The highest BCUT2D eigenvalue weighted by Crippen LogP contribution is 2.27. The zero-order valence-corrected chi connectivity index (χ0v) is 17.9. The third-order valence-corrected chi connectivity index (χ3v) is 4.92. The number of carbonyl (C=O) groups is 2. The molecular formula is C23H30N2O4. The summed E-state index contributed by atoms with van der Waals surface area (Å²) in [6, 6.07) is 11.6. The Morgan fingerprint density at radius 1 is 0.966 bits per heavy atom. The van der Waals surface area contributed by atoms with Crippen LogP contribution in [-0.4, -0.2) is 44.0 Å². The average molecular weight is 399 g/mol. The van der Waals surface area contributed by atoms with Crippen LogP contribution in [0.2, 0.25) is 0 Å². The number of hydrogen-bond acceptors (Lipinski definition) is 4. The molecule has 0 aliphatic carbocycles. The van der Waals surface area contributed by atoms with Crippen LogP contribution >= 0.6 is 0 Å². The molecule has 0 fully saturated rings. The molecule has 2 aromatic rings. The highest BCUT2D eigenvalue weighted by Gasteiger charge is 2.13. The topological polar surface area (TPSA) is 67.9 Å². The van der Waals surface area contributed by atoms with Gasteiger partial charge in [-0.15, -0.1) is 0 Å². The van der Waals surface area contributed by atoms with Crippen molar-refractivity contribution in [2.24, 2.45) is 0 Å². The predicted molar refractivity (Wildman–Crippen MR) is 115 cm³/mol. The molecule has 0 spiro atoms. The van der Waals surface area contributed by atoms with E-state index in [9.17, 15) is 9.59 Å². The summed E-state index contributed by atoms with van der Waals surface area (Å²) in [6.45, 7) is 6.36. The lowest BCUT2D eigenvalue weighted by Gasteiger charge is -2.21. The number of nitrogens with one attached hydrogen (secondary N) is 1. The third kappa shape index (κ3) is 6.24. The van der Waals surface area contributed by atoms with Gasteiger partial charge in [-0.3, -0.25) is 9.59 Å². The third-order valence-electron chi connectivity index (χ3n) is 4.92. The number of nitrogens with zero attached hydrogens (tertiary/aromatic N) is 1. The van der Waals surface area contributed by atoms with Crippen molar-refractivity contribution in [1.29, 1.82) is 0 Å². The highest BCUT2D eigenvalue weighted by molar-refractivity contribution is 5.92. The van der Waals surface area contributed by atoms with Crippen LogP contribution in [0, 0.1) is 13.8 Å². The van der Waals surface area contributed by atoms with Gasteiger partial charge in [-0.1, -0.05) is 24.3 Å². The van der Waals surface area contributed by atoms with Crippen LogP contribution in [0.3, 0.4) is 0 Å². The molecular weight excluding hydrogens is 368 g/mol. The fraction of sp³-hybridized carbons (Fsp3) is 0.391. The Kier molecular flexibility index (Phi) is 8.07. The van der Waals surface area contributed by atoms with E-state index >= 15 is 0 Å². The van der Waals surface area contributed by atoms with Crippen LogP contribution in [0.5, 0.6) is 11.5 Å². The summed E-state index contributed by atoms with van der Waals surface area (Å²) in [4.78, 5) is 26.1. The van der Waals surface area contributed by atoms with Gasteiger partial charge < -0.3 is 19.7 Å². The summed E-state index contributed by atoms with van der Waals surface area (Å²) in [5, 5.41) is 2.97. The number of anilines is 1. The molecule has 1 N–H and O–H groups in total. The highest BCUT2D eigenvalue weighted by atomic mass is 16.5. The van der Waals surface area contributed by atoms with Gasteiger partial charge in [0.25, 0.3) is 0 Å². The smallest absolute Gasteiger partial charge is 0.226 e. The second-order valence-corrected chi connectivity index (χ2v) is 7.01. The number of amides is 2. The molecule has 0 aliphatic heterocycles. The molecule has 2 amide bonds. The Bertz CT molecular complexity index is 844. The summed E-state index contributed by atoms with van der Waals surface area (Å²) in [5.41, 5.74) is 3.93. The molecule has 2 rings (SSSR count). The number of aryl methyl sites for hydroxylation is 2. The lowest BCUT2D eigenvalue weighted by Crippen LogP contribution is -2.33. The Labute approximate surface area is 172 Å². The zero-order valence-electron chi connectivity index (χ0n) is 17.9. The molecule has 0 bridgehead atoms. The van der Waals surface area contributed by atoms with E-state index in [4.69, 9.17) is 9.47 Å². The minimum Gasteiger partial charge on any atom is -0.493 e. The number of para-hydroxylation sites is 1. The van der Waals surface area contributed by atoms with E-state index in [2.05, 4.69) is 5.32 Å². The first-order valence-corrected chi connectivity index (χ1v) is 9.68. The van der Waals surface area contributed by atoms with Crippen molar-refractivity contribution in [2.75, 3.05) is 32.6 Å². The van der Waals surface area contributed by atoms with Gasteiger partial charge in [0, 0.05) is 32.1 Å². The molecule has 0 radical (unpaired) electrons. The molecule has 0 saturated carbocycles. The summed E-state index contributed by atoms with van der Waals surface area (Å²) in [6.07, 6.45) is 0.914. The fourth-order valence-electron chi connectivity index (χ4n) is 3.18. The largest absolute Gasteiger partial charge is 0.493 e. The van der Waals surface area contributed by atoms with E-state index in [1.165, 1.54) is 6.92 Å². The van der Waals surface area contributed by atoms with Crippen molar-refractivity contribution in [1.82, 2.24) is 4.90 Å². The summed E-state index contributed by atoms with van der Waals surface area (Å²) in [5.74, 6) is 1.18. The second kappa shape index (κ2) is 10.5. The van der Waals surface area contributed by atoms with Crippen LogP contribution in [0.1, 0.15) is 30.0 Å². The summed E-state index contributed by atoms with van der Waals surface area (Å²) in [7, 11) is 3.19. The maximum atomic E-state index is 12.4. The van der Waals surface area contributed by atoms with Crippen molar-refractivity contribution in [2.45, 2.75) is 33.6 Å². The summed E-state index contributed by atoms with van der Waals surface area (Å²) >= 11 is 0. The van der Waals surface area contributed by atoms with Crippen LogP contribution in [0.4, 0.5) is 5.69 Å². The van der Waals surface area contributed by atoms with E-state index < -0.39 is 0 Å². The van der Waals surface area contributed by atoms with Gasteiger partial charge >= 0.3 is 0 Å². The molecule has 0 heterocycles. The predicted octanol–water partition coefficient (Wildman–Crippen LogP) is 3.74.